The third-order valence-electron chi connectivity index (χ3n) is 3.49. The Bertz CT molecular complexity index is 501. The summed E-state index contributed by atoms with van der Waals surface area (Å²) in [5.41, 5.74) is 2.69. The fourth-order valence-electron chi connectivity index (χ4n) is 2.47. The van der Waals surface area contributed by atoms with Crippen LogP contribution in [-0.4, -0.2) is 24.1 Å². The van der Waals surface area contributed by atoms with E-state index in [-0.39, 0.29) is 5.41 Å². The quantitative estimate of drug-likeness (QED) is 0.813. The van der Waals surface area contributed by atoms with Crippen molar-refractivity contribution in [1.82, 2.24) is 4.98 Å². The number of ether oxygens (including phenoxy) is 1. The van der Waals surface area contributed by atoms with Gasteiger partial charge in [-0.1, -0.05) is 18.2 Å². The minimum absolute atomic E-state index is 0.140. The molecule has 3 rings (SSSR count). The number of aromatic amines is 1. The highest BCUT2D eigenvalue weighted by molar-refractivity contribution is 6.17. The molecule has 0 amide bonds. The first-order chi connectivity index (χ1) is 7.86. The summed E-state index contributed by atoms with van der Waals surface area (Å²) in [7, 11) is 0. The van der Waals surface area contributed by atoms with Gasteiger partial charge in [0, 0.05) is 28.4 Å². The summed E-state index contributed by atoms with van der Waals surface area (Å²) >= 11 is 5.90. The zero-order valence-electron chi connectivity index (χ0n) is 9.00. The van der Waals surface area contributed by atoms with Crippen LogP contribution in [0, 0.1) is 0 Å². The largest absolute Gasteiger partial charge is 0.379 e. The summed E-state index contributed by atoms with van der Waals surface area (Å²) in [6.45, 7) is 1.59. The van der Waals surface area contributed by atoms with Gasteiger partial charge in [-0.2, -0.15) is 0 Å². The van der Waals surface area contributed by atoms with Crippen LogP contribution >= 0.6 is 11.6 Å². The van der Waals surface area contributed by atoms with Gasteiger partial charge >= 0.3 is 0 Å². The van der Waals surface area contributed by atoms with Crippen LogP contribution < -0.4 is 0 Å². The van der Waals surface area contributed by atoms with Crippen LogP contribution in [0.3, 0.4) is 0 Å². The lowest BCUT2D eigenvalue weighted by Gasteiger charge is -2.41. The number of fused-ring (bicyclic) bond motifs is 1. The second-order valence-corrected chi connectivity index (χ2v) is 4.84. The molecule has 0 spiro atoms. The number of benzene rings is 1. The molecule has 0 aliphatic carbocycles. The van der Waals surface area contributed by atoms with Gasteiger partial charge in [-0.15, -0.1) is 11.6 Å². The third-order valence-corrected chi connectivity index (χ3v) is 3.68. The maximum absolute atomic E-state index is 5.90. The summed E-state index contributed by atoms with van der Waals surface area (Å²) in [5.74, 6) is 0.683. The summed E-state index contributed by atoms with van der Waals surface area (Å²) in [6.07, 6.45) is 3.09. The van der Waals surface area contributed by atoms with Gasteiger partial charge in [0.2, 0.25) is 0 Å². The average Bonchev–Trinajstić information content (AvgIpc) is 2.68. The van der Waals surface area contributed by atoms with E-state index in [9.17, 15) is 0 Å². The topological polar surface area (TPSA) is 25.0 Å². The number of nitrogens with one attached hydrogen (secondary N) is 1. The van der Waals surface area contributed by atoms with Gasteiger partial charge < -0.3 is 9.72 Å². The molecule has 1 aliphatic rings. The van der Waals surface area contributed by atoms with Crippen molar-refractivity contribution in [2.45, 2.75) is 11.8 Å². The monoisotopic (exact) mass is 235 g/mol. The number of aromatic nitrogens is 1. The van der Waals surface area contributed by atoms with Crippen LogP contribution in [-0.2, 0) is 10.2 Å². The summed E-state index contributed by atoms with van der Waals surface area (Å²) in [4.78, 5) is 3.32. The molecule has 1 aromatic carbocycles. The Kier molecular flexibility index (Phi) is 2.41. The third kappa shape index (κ3) is 1.37. The fourth-order valence-corrected chi connectivity index (χ4v) is 2.84. The predicted octanol–water partition coefficient (Wildman–Crippen LogP) is 3.06. The van der Waals surface area contributed by atoms with E-state index in [1.54, 1.807) is 0 Å². The first kappa shape index (κ1) is 10.2. The van der Waals surface area contributed by atoms with Crippen molar-refractivity contribution in [1.29, 1.82) is 0 Å². The minimum Gasteiger partial charge on any atom is -0.379 e. The molecule has 0 unspecified atom stereocenters. The van der Waals surface area contributed by atoms with Crippen molar-refractivity contribution in [3.63, 3.8) is 0 Å². The van der Waals surface area contributed by atoms with E-state index in [4.69, 9.17) is 16.3 Å². The zero-order valence-corrected chi connectivity index (χ0v) is 9.76. The number of hydrogen-bond donors (Lipinski definition) is 1. The molecule has 0 atom stereocenters. The molecule has 0 radical (unpaired) electrons. The minimum atomic E-state index is 0.140. The molecule has 1 saturated heterocycles. The number of para-hydroxylation sites is 1. The number of rotatable bonds is 3. The van der Waals surface area contributed by atoms with E-state index in [1.807, 2.05) is 6.07 Å². The normalized spacial score (nSPS) is 18.6. The van der Waals surface area contributed by atoms with Crippen molar-refractivity contribution in [3.8, 4) is 0 Å². The molecular weight excluding hydrogens is 222 g/mol. The molecule has 84 valence electrons. The number of hydrogen-bond acceptors (Lipinski definition) is 1. The van der Waals surface area contributed by atoms with Crippen LogP contribution in [0.25, 0.3) is 10.9 Å². The Morgan fingerprint density at radius 1 is 1.31 bits per heavy atom. The Morgan fingerprint density at radius 3 is 2.81 bits per heavy atom. The van der Waals surface area contributed by atoms with Crippen molar-refractivity contribution in [2.24, 2.45) is 0 Å². The van der Waals surface area contributed by atoms with Crippen LogP contribution in [0.1, 0.15) is 12.0 Å². The fraction of sp³-hybridized carbons (Fsp3) is 0.385. The second kappa shape index (κ2) is 3.79. The van der Waals surface area contributed by atoms with Crippen LogP contribution in [0.4, 0.5) is 0 Å². The molecule has 1 N–H and O–H groups in total. The SMILES string of the molecule is ClCCC1(c2c[nH]c3ccccc23)COC1. The lowest BCUT2D eigenvalue weighted by atomic mass is 9.76. The standard InChI is InChI=1S/C13H14ClNO/c14-6-5-13(8-16-9-13)11-7-15-12-4-2-1-3-10(11)12/h1-4,7,15H,5-6,8-9H2. The van der Waals surface area contributed by atoms with Crippen molar-refractivity contribution < 1.29 is 4.74 Å². The Morgan fingerprint density at radius 2 is 2.12 bits per heavy atom. The van der Waals surface area contributed by atoms with Crippen LogP contribution in [0.2, 0.25) is 0 Å². The first-order valence-corrected chi connectivity index (χ1v) is 6.09. The molecule has 1 fully saturated rings. The lowest BCUT2D eigenvalue weighted by molar-refractivity contribution is -0.0608. The second-order valence-electron chi connectivity index (χ2n) is 4.46. The predicted molar refractivity (Wildman–Crippen MR) is 66.1 cm³/mol. The van der Waals surface area contributed by atoms with Gasteiger partial charge in [-0.05, 0) is 18.1 Å². The molecule has 0 saturated carbocycles. The zero-order chi connectivity index (χ0) is 11.0. The molecule has 0 bridgehead atoms. The van der Waals surface area contributed by atoms with E-state index in [2.05, 4.69) is 29.4 Å². The Labute approximate surface area is 99.6 Å². The van der Waals surface area contributed by atoms with Crippen molar-refractivity contribution in [2.75, 3.05) is 19.1 Å². The van der Waals surface area contributed by atoms with Gasteiger partial charge in [0.05, 0.1) is 13.2 Å². The molecule has 1 aromatic heterocycles. The molecule has 2 nitrogen and oxygen atoms in total. The Hall–Kier alpha value is -0.990. The van der Waals surface area contributed by atoms with E-state index >= 15 is 0 Å². The maximum Gasteiger partial charge on any atom is 0.0586 e. The molecule has 2 aromatic rings. The van der Waals surface area contributed by atoms with E-state index in [1.165, 1.54) is 16.5 Å². The van der Waals surface area contributed by atoms with Crippen LogP contribution in [0.15, 0.2) is 30.5 Å². The van der Waals surface area contributed by atoms with Crippen molar-refractivity contribution in [3.05, 3.63) is 36.0 Å². The molecule has 2 heterocycles. The molecule has 1 aliphatic heterocycles. The highest BCUT2D eigenvalue weighted by Gasteiger charge is 2.41. The highest BCUT2D eigenvalue weighted by atomic mass is 35.5. The van der Waals surface area contributed by atoms with Gasteiger partial charge in [-0.25, -0.2) is 0 Å². The first-order valence-electron chi connectivity index (χ1n) is 5.56. The maximum atomic E-state index is 5.90. The molecule has 3 heteroatoms. The van der Waals surface area contributed by atoms with E-state index < -0.39 is 0 Å². The summed E-state index contributed by atoms with van der Waals surface area (Å²) < 4.78 is 5.39. The van der Waals surface area contributed by atoms with Gasteiger partial charge in [0.15, 0.2) is 0 Å². The number of H-pyrrole nitrogens is 1. The molecular formula is C13H14ClNO. The van der Waals surface area contributed by atoms with E-state index in [0.29, 0.717) is 5.88 Å². The number of alkyl halides is 1. The van der Waals surface area contributed by atoms with Gasteiger partial charge in [0.1, 0.15) is 0 Å². The lowest BCUT2D eigenvalue weighted by Crippen LogP contribution is -2.46. The smallest absolute Gasteiger partial charge is 0.0586 e. The highest BCUT2D eigenvalue weighted by Crippen LogP contribution is 2.39. The molecule has 16 heavy (non-hydrogen) atoms. The average molecular weight is 236 g/mol. The van der Waals surface area contributed by atoms with Gasteiger partial charge in [0.25, 0.3) is 0 Å². The number of halogens is 1. The Balaban J connectivity index is 2.10. The van der Waals surface area contributed by atoms with Crippen LogP contribution in [0.5, 0.6) is 0 Å². The summed E-state index contributed by atoms with van der Waals surface area (Å²) in [6, 6.07) is 8.39. The van der Waals surface area contributed by atoms with Crippen molar-refractivity contribution >= 4 is 22.5 Å². The van der Waals surface area contributed by atoms with Gasteiger partial charge in [-0.3, -0.25) is 0 Å². The van der Waals surface area contributed by atoms with E-state index in [0.717, 1.165) is 19.6 Å². The summed E-state index contributed by atoms with van der Waals surface area (Å²) in [5, 5.41) is 1.30.